The molecule has 1 amide bonds. The molecule has 180 valence electrons. The minimum absolute atomic E-state index is 0.199. The minimum atomic E-state index is -3.29. The van der Waals surface area contributed by atoms with Crippen LogP contribution in [0.2, 0.25) is 0 Å². The molecule has 3 heterocycles. The number of benzene rings is 1. The largest absolute Gasteiger partial charge is 0.352 e. The van der Waals surface area contributed by atoms with Crippen molar-refractivity contribution in [2.45, 2.75) is 24.8 Å². The maximum Gasteiger partial charge on any atom is 0.244 e. The topological polar surface area (TPSA) is 112 Å². The summed E-state index contributed by atoms with van der Waals surface area (Å²) in [6.45, 7) is 3.27. The minimum Gasteiger partial charge on any atom is -0.352 e. The predicted octanol–water partition coefficient (Wildman–Crippen LogP) is 3.06. The van der Waals surface area contributed by atoms with Crippen molar-refractivity contribution in [3.8, 4) is 16.9 Å². The normalized spacial score (nSPS) is 11.7. The fourth-order valence-electron chi connectivity index (χ4n) is 3.54. The number of imidazole rings is 1. The van der Waals surface area contributed by atoms with E-state index in [-0.39, 0.29) is 10.8 Å². The Morgan fingerprint density at radius 1 is 1.14 bits per heavy atom. The van der Waals surface area contributed by atoms with Crippen LogP contribution >= 0.6 is 0 Å². The Balaban J connectivity index is 1.49. The van der Waals surface area contributed by atoms with Crippen LogP contribution < -0.4 is 5.32 Å². The van der Waals surface area contributed by atoms with Crippen LogP contribution in [0, 0.1) is 6.92 Å². The molecular weight excluding hydrogens is 464 g/mol. The summed E-state index contributed by atoms with van der Waals surface area (Å²) < 4.78 is 27.2. The molecule has 0 bridgehead atoms. The van der Waals surface area contributed by atoms with Crippen LogP contribution in [0.4, 0.5) is 0 Å². The lowest BCUT2D eigenvalue weighted by Gasteiger charge is -2.05. The van der Waals surface area contributed by atoms with E-state index in [9.17, 15) is 13.2 Å². The van der Waals surface area contributed by atoms with Gasteiger partial charge in [-0.3, -0.25) is 9.78 Å². The molecule has 0 atom stereocenters. The van der Waals surface area contributed by atoms with Crippen LogP contribution in [0.5, 0.6) is 0 Å². The zero-order valence-electron chi connectivity index (χ0n) is 19.5. The van der Waals surface area contributed by atoms with E-state index >= 15 is 0 Å². The van der Waals surface area contributed by atoms with E-state index in [2.05, 4.69) is 20.4 Å². The van der Waals surface area contributed by atoms with Gasteiger partial charge in [0.1, 0.15) is 11.5 Å². The van der Waals surface area contributed by atoms with E-state index < -0.39 is 9.84 Å². The van der Waals surface area contributed by atoms with E-state index in [0.717, 1.165) is 29.9 Å². The summed E-state index contributed by atoms with van der Waals surface area (Å²) >= 11 is 0. The van der Waals surface area contributed by atoms with Crippen molar-refractivity contribution < 1.29 is 13.2 Å². The molecule has 1 N–H and O–H groups in total. The zero-order valence-corrected chi connectivity index (χ0v) is 20.3. The van der Waals surface area contributed by atoms with Gasteiger partial charge < -0.3 is 9.88 Å². The molecule has 9 nitrogen and oxygen atoms in total. The molecule has 0 radical (unpaired) electrons. The monoisotopic (exact) mass is 490 g/mol. The van der Waals surface area contributed by atoms with E-state index in [1.807, 2.05) is 29.8 Å². The lowest BCUT2D eigenvalue weighted by atomic mass is 10.1. The maximum absolute atomic E-state index is 12.4. The second-order valence-electron chi connectivity index (χ2n) is 8.03. The Labute approximate surface area is 204 Å². The van der Waals surface area contributed by atoms with Gasteiger partial charge in [0.2, 0.25) is 5.91 Å². The molecule has 0 fully saturated rings. The van der Waals surface area contributed by atoms with Crippen LogP contribution in [-0.2, 0) is 21.2 Å². The van der Waals surface area contributed by atoms with Crippen molar-refractivity contribution in [3.05, 3.63) is 84.8 Å². The smallest absolute Gasteiger partial charge is 0.244 e. The average molecular weight is 491 g/mol. The van der Waals surface area contributed by atoms with Gasteiger partial charge in [0.25, 0.3) is 0 Å². The third kappa shape index (κ3) is 6.10. The first-order chi connectivity index (χ1) is 16.8. The number of hydrogen-bond acceptors (Lipinski definition) is 6. The number of sulfone groups is 1. The highest BCUT2D eigenvalue weighted by atomic mass is 32.2. The Hall–Kier alpha value is -4.05. The predicted molar refractivity (Wildman–Crippen MR) is 134 cm³/mol. The summed E-state index contributed by atoms with van der Waals surface area (Å²) in [5.41, 5.74) is 2.88. The SMILES string of the molecule is Cc1nccn1CCCNC(=O)/C=C/c1cn(-c2ccc(S(C)(=O)=O)cc2)nc1-c1cccnc1. The highest BCUT2D eigenvalue weighted by molar-refractivity contribution is 7.90. The van der Waals surface area contributed by atoms with Gasteiger partial charge in [-0.2, -0.15) is 5.10 Å². The quantitative estimate of drug-likeness (QED) is 0.285. The molecule has 4 aromatic rings. The number of nitrogens with zero attached hydrogens (tertiary/aromatic N) is 5. The standard InChI is InChI=1S/C25H26N6O3S/c1-19-27-14-16-30(19)15-4-13-28-24(32)11-6-21-18-31(29-25(21)20-5-3-12-26-17-20)22-7-9-23(10-8-22)35(2,33)34/h3,5-12,14,16-18H,4,13,15H2,1-2H3,(H,28,32)/b11-6+. The number of aryl methyl sites for hydroxylation is 2. The Bertz CT molecular complexity index is 1440. The summed E-state index contributed by atoms with van der Waals surface area (Å²) in [6, 6.07) is 10.2. The zero-order chi connectivity index (χ0) is 24.8. The van der Waals surface area contributed by atoms with Gasteiger partial charge >= 0.3 is 0 Å². The maximum atomic E-state index is 12.4. The molecule has 0 spiro atoms. The molecular formula is C25H26N6O3S. The molecule has 0 saturated carbocycles. The van der Waals surface area contributed by atoms with E-state index in [1.54, 1.807) is 59.8 Å². The number of pyridine rings is 1. The Morgan fingerprint density at radius 2 is 1.94 bits per heavy atom. The molecule has 1 aromatic carbocycles. The number of amides is 1. The molecule has 3 aromatic heterocycles. The summed E-state index contributed by atoms with van der Waals surface area (Å²) in [4.78, 5) is 21.0. The summed E-state index contributed by atoms with van der Waals surface area (Å²) in [5, 5.41) is 7.57. The van der Waals surface area contributed by atoms with Crippen molar-refractivity contribution in [1.29, 1.82) is 0 Å². The lowest BCUT2D eigenvalue weighted by molar-refractivity contribution is -0.116. The Kier molecular flexibility index (Phi) is 7.21. The number of hydrogen-bond donors (Lipinski definition) is 1. The van der Waals surface area contributed by atoms with Crippen molar-refractivity contribution >= 4 is 21.8 Å². The summed E-state index contributed by atoms with van der Waals surface area (Å²) in [5.74, 6) is 0.747. The van der Waals surface area contributed by atoms with Crippen LogP contribution in [0.15, 0.2) is 78.4 Å². The molecule has 0 aliphatic carbocycles. The molecule has 35 heavy (non-hydrogen) atoms. The van der Waals surface area contributed by atoms with E-state index in [1.165, 1.54) is 12.3 Å². The molecule has 4 rings (SSSR count). The van der Waals surface area contributed by atoms with Gasteiger partial charge in [-0.1, -0.05) is 0 Å². The third-order valence-electron chi connectivity index (χ3n) is 5.42. The van der Waals surface area contributed by atoms with E-state index in [0.29, 0.717) is 17.9 Å². The highest BCUT2D eigenvalue weighted by Gasteiger charge is 2.12. The van der Waals surface area contributed by atoms with Crippen molar-refractivity contribution in [1.82, 2.24) is 29.6 Å². The summed E-state index contributed by atoms with van der Waals surface area (Å²) in [7, 11) is -3.29. The Morgan fingerprint density at radius 3 is 2.60 bits per heavy atom. The van der Waals surface area contributed by atoms with Gasteiger partial charge in [0.05, 0.1) is 10.6 Å². The van der Waals surface area contributed by atoms with Gasteiger partial charge in [-0.25, -0.2) is 18.1 Å². The number of carbonyl (C=O) groups excluding carboxylic acids is 1. The number of nitrogens with one attached hydrogen (secondary N) is 1. The number of carbonyl (C=O) groups is 1. The molecule has 0 aliphatic heterocycles. The second kappa shape index (κ2) is 10.5. The highest BCUT2D eigenvalue weighted by Crippen LogP contribution is 2.24. The van der Waals surface area contributed by atoms with Crippen molar-refractivity contribution in [2.75, 3.05) is 12.8 Å². The van der Waals surface area contributed by atoms with Crippen LogP contribution in [0.25, 0.3) is 23.0 Å². The molecule has 0 aliphatic rings. The fourth-order valence-corrected chi connectivity index (χ4v) is 4.17. The molecule has 0 saturated heterocycles. The van der Waals surface area contributed by atoms with Crippen molar-refractivity contribution in [3.63, 3.8) is 0 Å². The average Bonchev–Trinajstić information content (AvgIpc) is 3.47. The van der Waals surface area contributed by atoms with E-state index in [4.69, 9.17) is 0 Å². The van der Waals surface area contributed by atoms with Gasteiger partial charge in [-0.05, 0) is 55.8 Å². The first-order valence-corrected chi connectivity index (χ1v) is 12.9. The first kappa shape index (κ1) is 24.1. The van der Waals surface area contributed by atoms with Gasteiger partial charge in [-0.15, -0.1) is 0 Å². The van der Waals surface area contributed by atoms with Crippen LogP contribution in [-0.4, -0.2) is 51.4 Å². The second-order valence-corrected chi connectivity index (χ2v) is 10.0. The van der Waals surface area contributed by atoms with Crippen LogP contribution in [0.1, 0.15) is 17.8 Å². The summed E-state index contributed by atoms with van der Waals surface area (Å²) in [6.07, 6.45) is 14.0. The molecule has 10 heteroatoms. The third-order valence-corrected chi connectivity index (χ3v) is 6.55. The van der Waals surface area contributed by atoms with Gasteiger partial charge in [0, 0.05) is 67.5 Å². The number of rotatable bonds is 9. The first-order valence-electron chi connectivity index (χ1n) is 11.1. The number of aromatic nitrogens is 5. The van der Waals surface area contributed by atoms with Gasteiger partial charge in [0.15, 0.2) is 9.84 Å². The van der Waals surface area contributed by atoms with Crippen molar-refractivity contribution in [2.24, 2.45) is 0 Å². The fraction of sp³-hybridized carbons (Fsp3) is 0.200. The lowest BCUT2D eigenvalue weighted by Crippen LogP contribution is -2.23. The molecule has 0 unspecified atom stereocenters. The van der Waals surface area contributed by atoms with Crippen LogP contribution in [0.3, 0.4) is 0 Å².